The summed E-state index contributed by atoms with van der Waals surface area (Å²) in [6.45, 7) is 0.795. The van der Waals surface area contributed by atoms with Crippen molar-refractivity contribution >= 4 is 11.9 Å². The molecule has 8 heteroatoms. The monoisotopic (exact) mass is 282 g/mol. The van der Waals surface area contributed by atoms with Gasteiger partial charge in [0.15, 0.2) is 6.04 Å². The van der Waals surface area contributed by atoms with Crippen molar-refractivity contribution in [3.8, 4) is 0 Å². The van der Waals surface area contributed by atoms with Gasteiger partial charge in [0.2, 0.25) is 5.91 Å². The van der Waals surface area contributed by atoms with E-state index in [2.05, 4.69) is 10.4 Å². The molecule has 0 radical (unpaired) electrons. The van der Waals surface area contributed by atoms with Crippen molar-refractivity contribution in [3.05, 3.63) is 18.0 Å². The number of hydrogen-bond acceptors (Lipinski definition) is 5. The summed E-state index contributed by atoms with van der Waals surface area (Å²) in [6, 6.07) is -1.15. The molecular formula is C12H18N4O4. The van der Waals surface area contributed by atoms with Crippen molar-refractivity contribution in [3.63, 3.8) is 0 Å². The quantitative estimate of drug-likeness (QED) is 0.663. The molecule has 20 heavy (non-hydrogen) atoms. The number of ether oxygens (including phenoxy) is 1. The maximum atomic E-state index is 12.2. The topological polar surface area (TPSA) is 119 Å². The molecule has 110 valence electrons. The minimum atomic E-state index is -1.15. The normalized spacial score (nSPS) is 19.3. The number of carboxylic acids is 1. The molecule has 0 saturated carbocycles. The molecule has 1 aromatic heterocycles. The molecule has 1 saturated heterocycles. The highest BCUT2D eigenvalue weighted by atomic mass is 16.5. The van der Waals surface area contributed by atoms with Gasteiger partial charge in [-0.15, -0.1) is 0 Å². The summed E-state index contributed by atoms with van der Waals surface area (Å²) in [7, 11) is 1.67. The van der Waals surface area contributed by atoms with Crippen molar-refractivity contribution < 1.29 is 19.4 Å². The molecule has 1 fully saturated rings. The molecule has 0 aliphatic carbocycles. The Bertz CT molecular complexity index is 507. The zero-order chi connectivity index (χ0) is 14.8. The van der Waals surface area contributed by atoms with Gasteiger partial charge in [0, 0.05) is 32.0 Å². The van der Waals surface area contributed by atoms with Gasteiger partial charge in [0.05, 0.1) is 11.7 Å². The Morgan fingerprint density at radius 3 is 2.70 bits per heavy atom. The molecule has 0 bridgehead atoms. The first kappa shape index (κ1) is 14.5. The Labute approximate surface area is 115 Å². The van der Waals surface area contributed by atoms with Gasteiger partial charge in [0.1, 0.15) is 0 Å². The van der Waals surface area contributed by atoms with Crippen LogP contribution in [0.25, 0.3) is 0 Å². The molecule has 8 nitrogen and oxygen atoms in total. The fourth-order valence-electron chi connectivity index (χ4n) is 2.11. The maximum Gasteiger partial charge on any atom is 0.331 e. The average Bonchev–Trinajstić information content (AvgIpc) is 2.82. The van der Waals surface area contributed by atoms with Crippen LogP contribution in [0.1, 0.15) is 24.4 Å². The Kier molecular flexibility index (Phi) is 4.05. The van der Waals surface area contributed by atoms with Crippen molar-refractivity contribution in [1.82, 2.24) is 15.1 Å². The molecule has 4 N–H and O–H groups in total. The number of nitrogens with two attached hydrogens (primary N) is 1. The Balaban J connectivity index is 2.12. The summed E-state index contributed by atoms with van der Waals surface area (Å²) in [5.41, 5.74) is 5.36. The van der Waals surface area contributed by atoms with Crippen LogP contribution in [0.2, 0.25) is 0 Å². The predicted octanol–water partition coefficient (Wildman–Crippen LogP) is -0.830. The van der Waals surface area contributed by atoms with Crippen molar-refractivity contribution in [2.24, 2.45) is 12.8 Å². The van der Waals surface area contributed by atoms with E-state index in [1.807, 2.05) is 0 Å². The van der Waals surface area contributed by atoms with Crippen molar-refractivity contribution in [2.45, 2.75) is 24.4 Å². The van der Waals surface area contributed by atoms with E-state index in [4.69, 9.17) is 10.5 Å². The lowest BCUT2D eigenvalue weighted by molar-refractivity contribution is -0.143. The smallest absolute Gasteiger partial charge is 0.331 e. The minimum absolute atomic E-state index is 0.373. The van der Waals surface area contributed by atoms with Crippen LogP contribution >= 0.6 is 0 Å². The molecule has 2 heterocycles. The van der Waals surface area contributed by atoms with E-state index >= 15 is 0 Å². The van der Waals surface area contributed by atoms with E-state index in [9.17, 15) is 14.7 Å². The second kappa shape index (κ2) is 5.59. The second-order valence-electron chi connectivity index (χ2n) is 4.96. The zero-order valence-electron chi connectivity index (χ0n) is 11.2. The highest BCUT2D eigenvalue weighted by Gasteiger charge is 2.38. The standard InChI is InChI=1S/C12H18N4O4/c1-16-7-8(6-14-16)9(10(17)18)15-11(19)12(13)2-4-20-5-3-12/h6-7,9H,2-5,13H2,1H3,(H,15,19)(H,17,18). The first-order valence-electron chi connectivity index (χ1n) is 6.31. The molecule has 1 atom stereocenters. The number of aryl methyl sites for hydroxylation is 1. The van der Waals surface area contributed by atoms with Crippen LogP contribution in [0.15, 0.2) is 12.4 Å². The van der Waals surface area contributed by atoms with E-state index < -0.39 is 23.5 Å². The van der Waals surface area contributed by atoms with E-state index in [1.165, 1.54) is 10.9 Å². The molecule has 1 aliphatic heterocycles. The third kappa shape index (κ3) is 2.97. The van der Waals surface area contributed by atoms with Gasteiger partial charge in [-0.1, -0.05) is 0 Å². The lowest BCUT2D eigenvalue weighted by atomic mass is 9.90. The summed E-state index contributed by atoms with van der Waals surface area (Å²) in [6.07, 6.45) is 3.70. The van der Waals surface area contributed by atoms with Gasteiger partial charge in [-0.25, -0.2) is 4.79 Å². The van der Waals surface area contributed by atoms with Gasteiger partial charge >= 0.3 is 5.97 Å². The summed E-state index contributed by atoms with van der Waals surface area (Å²) in [4.78, 5) is 23.5. The van der Waals surface area contributed by atoms with Gasteiger partial charge in [-0.05, 0) is 12.8 Å². The summed E-state index contributed by atoms with van der Waals surface area (Å²) in [5, 5.41) is 15.6. The number of nitrogens with one attached hydrogen (secondary N) is 1. The second-order valence-corrected chi connectivity index (χ2v) is 4.96. The fraction of sp³-hybridized carbons (Fsp3) is 0.583. The zero-order valence-corrected chi connectivity index (χ0v) is 11.2. The Morgan fingerprint density at radius 1 is 1.55 bits per heavy atom. The fourth-order valence-corrected chi connectivity index (χ4v) is 2.11. The number of carboxylic acid groups (broad SMARTS) is 1. The maximum absolute atomic E-state index is 12.2. The van der Waals surface area contributed by atoms with Gasteiger partial charge in [-0.3, -0.25) is 9.48 Å². The largest absolute Gasteiger partial charge is 0.479 e. The van der Waals surface area contributed by atoms with Gasteiger partial charge < -0.3 is 20.9 Å². The molecule has 1 aromatic rings. The lowest BCUT2D eigenvalue weighted by Crippen LogP contribution is -2.58. The molecule has 2 rings (SSSR count). The number of rotatable bonds is 4. The lowest BCUT2D eigenvalue weighted by Gasteiger charge is -2.32. The molecule has 1 aliphatic rings. The van der Waals surface area contributed by atoms with Crippen LogP contribution in [0.5, 0.6) is 0 Å². The Hall–Kier alpha value is -1.93. The molecular weight excluding hydrogens is 264 g/mol. The first-order valence-corrected chi connectivity index (χ1v) is 6.31. The predicted molar refractivity (Wildman–Crippen MR) is 68.7 cm³/mol. The third-order valence-electron chi connectivity index (χ3n) is 3.42. The van der Waals surface area contributed by atoms with Gasteiger partial charge in [-0.2, -0.15) is 5.10 Å². The number of nitrogens with zero attached hydrogens (tertiary/aromatic N) is 2. The van der Waals surface area contributed by atoms with Crippen LogP contribution in [0.4, 0.5) is 0 Å². The van der Waals surface area contributed by atoms with Crippen molar-refractivity contribution in [1.29, 1.82) is 0 Å². The van der Waals surface area contributed by atoms with Crippen LogP contribution in [-0.4, -0.2) is 45.5 Å². The van der Waals surface area contributed by atoms with Crippen LogP contribution in [0.3, 0.4) is 0 Å². The molecule has 0 spiro atoms. The molecule has 1 amide bonds. The number of aromatic nitrogens is 2. The summed E-state index contributed by atoms with van der Waals surface area (Å²) >= 11 is 0. The number of carbonyl (C=O) groups is 2. The first-order chi connectivity index (χ1) is 9.42. The van der Waals surface area contributed by atoms with Crippen LogP contribution in [0, 0.1) is 0 Å². The molecule has 1 unspecified atom stereocenters. The molecule has 0 aromatic carbocycles. The van der Waals surface area contributed by atoms with Crippen molar-refractivity contribution in [2.75, 3.05) is 13.2 Å². The average molecular weight is 282 g/mol. The van der Waals surface area contributed by atoms with Crippen LogP contribution < -0.4 is 11.1 Å². The highest BCUT2D eigenvalue weighted by Crippen LogP contribution is 2.20. The SMILES string of the molecule is Cn1cc(C(NC(=O)C2(N)CCOCC2)C(=O)O)cn1. The highest BCUT2D eigenvalue weighted by molar-refractivity contribution is 5.90. The van der Waals surface area contributed by atoms with E-state index in [1.54, 1.807) is 13.2 Å². The number of aliphatic carboxylic acids is 1. The third-order valence-corrected chi connectivity index (χ3v) is 3.42. The van der Waals surface area contributed by atoms with E-state index in [-0.39, 0.29) is 0 Å². The number of hydrogen-bond donors (Lipinski definition) is 3. The summed E-state index contributed by atoms with van der Waals surface area (Å²) in [5.74, 6) is -1.63. The number of amides is 1. The minimum Gasteiger partial charge on any atom is -0.479 e. The van der Waals surface area contributed by atoms with E-state index in [0.29, 0.717) is 31.6 Å². The van der Waals surface area contributed by atoms with Crippen LogP contribution in [-0.2, 0) is 21.4 Å². The van der Waals surface area contributed by atoms with E-state index in [0.717, 1.165) is 0 Å². The Morgan fingerprint density at radius 2 is 2.20 bits per heavy atom. The van der Waals surface area contributed by atoms with Gasteiger partial charge in [0.25, 0.3) is 0 Å². The number of carbonyl (C=O) groups excluding carboxylic acids is 1. The summed E-state index contributed by atoms with van der Waals surface area (Å²) < 4.78 is 6.64.